The van der Waals surface area contributed by atoms with Crippen molar-refractivity contribution in [2.24, 2.45) is 0 Å². The lowest BCUT2D eigenvalue weighted by Gasteiger charge is -2.08. The molecule has 0 radical (unpaired) electrons. The summed E-state index contributed by atoms with van der Waals surface area (Å²) in [6.45, 7) is 2.38. The number of nitrogen functional groups attached to an aromatic ring is 1. The van der Waals surface area contributed by atoms with Gasteiger partial charge in [0.1, 0.15) is 12.4 Å². The molecule has 140 valence electrons. The molecule has 0 unspecified atom stereocenters. The van der Waals surface area contributed by atoms with Crippen LogP contribution >= 0.6 is 15.9 Å². The normalized spacial score (nSPS) is 10.8. The topological polar surface area (TPSA) is 74.2 Å². The first-order valence-corrected chi connectivity index (χ1v) is 9.57. The van der Waals surface area contributed by atoms with Crippen molar-refractivity contribution in [1.29, 1.82) is 0 Å². The van der Waals surface area contributed by atoms with Crippen molar-refractivity contribution in [3.63, 3.8) is 0 Å². The molecule has 0 bridgehead atoms. The van der Waals surface area contributed by atoms with Crippen molar-refractivity contribution in [2.45, 2.75) is 13.5 Å². The molecule has 0 atom stereocenters. The number of aromatic nitrogens is 2. The van der Waals surface area contributed by atoms with Crippen LogP contribution in [0.1, 0.15) is 11.1 Å². The number of anilines is 1. The maximum atomic E-state index is 5.98. The summed E-state index contributed by atoms with van der Waals surface area (Å²) in [5.74, 6) is 1.78. The molecule has 0 spiro atoms. The van der Waals surface area contributed by atoms with Crippen molar-refractivity contribution in [2.75, 3.05) is 5.73 Å². The lowest BCUT2D eigenvalue weighted by atomic mass is 10.1. The van der Waals surface area contributed by atoms with E-state index in [2.05, 4.69) is 26.1 Å². The van der Waals surface area contributed by atoms with Crippen molar-refractivity contribution in [1.82, 2.24) is 10.1 Å². The zero-order chi connectivity index (χ0) is 19.5. The maximum Gasteiger partial charge on any atom is 0.258 e. The molecule has 0 saturated heterocycles. The van der Waals surface area contributed by atoms with Gasteiger partial charge in [-0.15, -0.1) is 0 Å². The zero-order valence-electron chi connectivity index (χ0n) is 15.2. The monoisotopic (exact) mass is 435 g/mol. The molecule has 1 heterocycles. The Labute approximate surface area is 171 Å². The minimum atomic E-state index is 0.436. The van der Waals surface area contributed by atoms with E-state index in [0.29, 0.717) is 24.0 Å². The Morgan fingerprint density at radius 3 is 2.71 bits per heavy atom. The van der Waals surface area contributed by atoms with Gasteiger partial charge in [0.25, 0.3) is 5.89 Å². The molecule has 0 saturated carbocycles. The SMILES string of the molecule is Cc1c(N)cccc1-c1noc(-c2cccc(COc3ccccc3Br)c2)n1. The Kier molecular flexibility index (Phi) is 5.12. The quantitative estimate of drug-likeness (QED) is 0.410. The molecule has 0 aliphatic heterocycles. The highest BCUT2D eigenvalue weighted by Gasteiger charge is 2.14. The molecule has 1 aromatic heterocycles. The third-order valence-corrected chi connectivity index (χ3v) is 5.10. The molecule has 2 N–H and O–H groups in total. The Morgan fingerprint density at radius 1 is 1.04 bits per heavy atom. The number of ether oxygens (including phenoxy) is 1. The summed E-state index contributed by atoms with van der Waals surface area (Å²) in [7, 11) is 0. The standard InChI is InChI=1S/C22H18BrN3O2/c1-14-17(8-5-10-19(14)24)21-25-22(28-26-21)16-7-4-6-15(12-16)13-27-20-11-3-2-9-18(20)23/h2-12H,13,24H2,1H3. The molecular weight excluding hydrogens is 418 g/mol. The molecule has 4 rings (SSSR count). The highest BCUT2D eigenvalue weighted by molar-refractivity contribution is 9.10. The van der Waals surface area contributed by atoms with E-state index in [-0.39, 0.29) is 0 Å². The van der Waals surface area contributed by atoms with E-state index >= 15 is 0 Å². The first-order chi connectivity index (χ1) is 13.6. The maximum absolute atomic E-state index is 5.98. The van der Waals surface area contributed by atoms with E-state index in [1.807, 2.05) is 73.7 Å². The Hall–Kier alpha value is -3.12. The first kappa shape index (κ1) is 18.3. The van der Waals surface area contributed by atoms with E-state index in [1.165, 1.54) is 0 Å². The van der Waals surface area contributed by atoms with Gasteiger partial charge >= 0.3 is 0 Å². The number of nitrogens with two attached hydrogens (primary N) is 1. The van der Waals surface area contributed by atoms with E-state index in [9.17, 15) is 0 Å². The minimum Gasteiger partial charge on any atom is -0.488 e. The highest BCUT2D eigenvalue weighted by Crippen LogP contribution is 2.28. The molecular formula is C22H18BrN3O2. The molecule has 4 aromatic rings. The van der Waals surface area contributed by atoms with Crippen molar-refractivity contribution in [3.8, 4) is 28.6 Å². The number of rotatable bonds is 5. The van der Waals surface area contributed by atoms with Crippen LogP contribution in [0.4, 0.5) is 5.69 Å². The van der Waals surface area contributed by atoms with Gasteiger partial charge in [0, 0.05) is 16.8 Å². The predicted molar refractivity (Wildman–Crippen MR) is 113 cm³/mol. The summed E-state index contributed by atoms with van der Waals surface area (Å²) in [5.41, 5.74) is 10.3. The van der Waals surface area contributed by atoms with E-state index in [1.54, 1.807) is 0 Å². The first-order valence-electron chi connectivity index (χ1n) is 8.77. The second-order valence-electron chi connectivity index (χ2n) is 6.36. The third-order valence-electron chi connectivity index (χ3n) is 4.45. The summed E-state index contributed by atoms with van der Waals surface area (Å²) in [4.78, 5) is 4.54. The number of hydrogen-bond donors (Lipinski definition) is 1. The van der Waals surface area contributed by atoms with Crippen molar-refractivity contribution in [3.05, 3.63) is 82.3 Å². The number of benzene rings is 3. The number of hydrogen-bond acceptors (Lipinski definition) is 5. The Balaban J connectivity index is 1.56. The van der Waals surface area contributed by atoms with E-state index in [0.717, 1.165) is 32.5 Å². The van der Waals surface area contributed by atoms with Gasteiger partial charge in [0.15, 0.2) is 0 Å². The highest BCUT2D eigenvalue weighted by atomic mass is 79.9. The van der Waals surface area contributed by atoms with E-state index < -0.39 is 0 Å². The zero-order valence-corrected chi connectivity index (χ0v) is 16.8. The summed E-state index contributed by atoms with van der Waals surface area (Å²) in [6.07, 6.45) is 0. The van der Waals surface area contributed by atoms with Crippen LogP contribution in [0.25, 0.3) is 22.8 Å². The van der Waals surface area contributed by atoms with Crippen LogP contribution < -0.4 is 10.5 Å². The van der Waals surface area contributed by atoms with Crippen LogP contribution in [-0.2, 0) is 6.61 Å². The van der Waals surface area contributed by atoms with E-state index in [4.69, 9.17) is 15.0 Å². The fraction of sp³-hybridized carbons (Fsp3) is 0.0909. The van der Waals surface area contributed by atoms with Gasteiger partial charge in [-0.05, 0) is 64.3 Å². The van der Waals surface area contributed by atoms with Gasteiger partial charge in [-0.1, -0.05) is 41.6 Å². The molecule has 0 aliphatic rings. The predicted octanol–water partition coefficient (Wildman–Crippen LogP) is 5.64. The molecule has 28 heavy (non-hydrogen) atoms. The van der Waals surface area contributed by atoms with Crippen LogP contribution in [0, 0.1) is 6.92 Å². The van der Waals surface area contributed by atoms with Crippen molar-refractivity contribution < 1.29 is 9.26 Å². The fourth-order valence-electron chi connectivity index (χ4n) is 2.86. The lowest BCUT2D eigenvalue weighted by molar-refractivity contribution is 0.304. The molecule has 0 aliphatic carbocycles. The summed E-state index contributed by atoms with van der Waals surface area (Å²) in [6, 6.07) is 21.3. The third kappa shape index (κ3) is 3.77. The second kappa shape index (κ2) is 7.86. The average molecular weight is 436 g/mol. The molecule has 0 amide bonds. The average Bonchev–Trinajstić information content (AvgIpc) is 3.20. The van der Waals surface area contributed by atoms with Gasteiger partial charge in [-0.3, -0.25) is 0 Å². The van der Waals surface area contributed by atoms with Gasteiger partial charge < -0.3 is 15.0 Å². The van der Waals surface area contributed by atoms with Crippen LogP contribution in [0.15, 0.2) is 75.7 Å². The smallest absolute Gasteiger partial charge is 0.258 e. The van der Waals surface area contributed by atoms with Crippen LogP contribution in [0.3, 0.4) is 0 Å². The van der Waals surface area contributed by atoms with Gasteiger partial charge in [0.05, 0.1) is 4.47 Å². The van der Waals surface area contributed by atoms with Crippen molar-refractivity contribution >= 4 is 21.6 Å². The molecule has 3 aromatic carbocycles. The molecule has 0 fully saturated rings. The number of nitrogens with zero attached hydrogens (tertiary/aromatic N) is 2. The summed E-state index contributed by atoms with van der Waals surface area (Å²) < 4.78 is 12.3. The summed E-state index contributed by atoms with van der Waals surface area (Å²) in [5, 5.41) is 4.12. The second-order valence-corrected chi connectivity index (χ2v) is 7.22. The number of para-hydroxylation sites is 1. The Morgan fingerprint density at radius 2 is 1.86 bits per heavy atom. The van der Waals surface area contributed by atoms with Crippen LogP contribution in [-0.4, -0.2) is 10.1 Å². The minimum absolute atomic E-state index is 0.436. The summed E-state index contributed by atoms with van der Waals surface area (Å²) >= 11 is 3.49. The van der Waals surface area contributed by atoms with Gasteiger partial charge in [0.2, 0.25) is 5.82 Å². The van der Waals surface area contributed by atoms with Crippen LogP contribution in [0.2, 0.25) is 0 Å². The number of halogens is 1. The van der Waals surface area contributed by atoms with Crippen LogP contribution in [0.5, 0.6) is 5.75 Å². The molecule has 6 heteroatoms. The Bertz CT molecular complexity index is 1120. The fourth-order valence-corrected chi connectivity index (χ4v) is 3.26. The molecule has 5 nitrogen and oxygen atoms in total. The van der Waals surface area contributed by atoms with Gasteiger partial charge in [-0.2, -0.15) is 4.98 Å². The lowest BCUT2D eigenvalue weighted by Crippen LogP contribution is -1.96. The van der Waals surface area contributed by atoms with Gasteiger partial charge in [-0.25, -0.2) is 0 Å². The largest absolute Gasteiger partial charge is 0.488 e.